The van der Waals surface area contributed by atoms with Crippen molar-refractivity contribution in [1.29, 1.82) is 0 Å². The molecule has 4 nitrogen and oxygen atoms in total. The van der Waals surface area contributed by atoms with Crippen LogP contribution in [0.2, 0.25) is 0 Å². The SMILES string of the molecule is CCCn1nccc1C(=O)N1CCc2ccccc2C1. The van der Waals surface area contributed by atoms with Crippen molar-refractivity contribution in [3.8, 4) is 0 Å². The fourth-order valence-electron chi connectivity index (χ4n) is 2.74. The molecule has 0 unspecified atom stereocenters. The monoisotopic (exact) mass is 269 g/mol. The molecule has 0 aliphatic carbocycles. The minimum Gasteiger partial charge on any atom is -0.333 e. The highest BCUT2D eigenvalue weighted by molar-refractivity contribution is 5.92. The summed E-state index contributed by atoms with van der Waals surface area (Å²) < 4.78 is 1.81. The number of nitrogens with zero attached hydrogens (tertiary/aromatic N) is 3. The molecular weight excluding hydrogens is 250 g/mol. The molecule has 1 aromatic carbocycles. The van der Waals surface area contributed by atoms with Gasteiger partial charge in [0.25, 0.3) is 5.91 Å². The molecule has 0 N–H and O–H groups in total. The van der Waals surface area contributed by atoms with E-state index in [0.717, 1.165) is 25.9 Å². The highest BCUT2D eigenvalue weighted by Crippen LogP contribution is 2.20. The average molecular weight is 269 g/mol. The largest absolute Gasteiger partial charge is 0.333 e. The van der Waals surface area contributed by atoms with Gasteiger partial charge in [-0.2, -0.15) is 5.10 Å². The lowest BCUT2D eigenvalue weighted by Crippen LogP contribution is -2.37. The van der Waals surface area contributed by atoms with Gasteiger partial charge in [-0.15, -0.1) is 0 Å². The van der Waals surface area contributed by atoms with Crippen LogP contribution in [0.15, 0.2) is 36.5 Å². The van der Waals surface area contributed by atoms with Gasteiger partial charge in [0.2, 0.25) is 0 Å². The topological polar surface area (TPSA) is 38.1 Å². The molecule has 1 aliphatic rings. The first-order chi connectivity index (χ1) is 9.79. The molecule has 0 saturated heterocycles. The highest BCUT2D eigenvalue weighted by atomic mass is 16.2. The van der Waals surface area contributed by atoms with Gasteiger partial charge in [0, 0.05) is 25.8 Å². The first-order valence-electron chi connectivity index (χ1n) is 7.17. The first-order valence-corrected chi connectivity index (χ1v) is 7.17. The number of fused-ring (bicyclic) bond motifs is 1. The van der Waals surface area contributed by atoms with Crippen molar-refractivity contribution in [1.82, 2.24) is 14.7 Å². The van der Waals surface area contributed by atoms with Gasteiger partial charge in [-0.05, 0) is 30.0 Å². The quantitative estimate of drug-likeness (QED) is 0.858. The molecule has 104 valence electrons. The van der Waals surface area contributed by atoms with E-state index in [0.29, 0.717) is 12.2 Å². The minimum atomic E-state index is 0.0884. The van der Waals surface area contributed by atoms with E-state index < -0.39 is 0 Å². The van der Waals surface area contributed by atoms with Crippen molar-refractivity contribution in [2.45, 2.75) is 32.9 Å². The summed E-state index contributed by atoms with van der Waals surface area (Å²) in [6, 6.07) is 10.2. The van der Waals surface area contributed by atoms with Crippen LogP contribution in [0, 0.1) is 0 Å². The number of carbonyl (C=O) groups is 1. The number of carbonyl (C=O) groups excluding carboxylic acids is 1. The van der Waals surface area contributed by atoms with Gasteiger partial charge in [0.05, 0.1) is 0 Å². The average Bonchev–Trinajstić information content (AvgIpc) is 2.94. The van der Waals surface area contributed by atoms with Crippen LogP contribution < -0.4 is 0 Å². The third kappa shape index (κ3) is 2.33. The normalized spacial score (nSPS) is 14.2. The zero-order chi connectivity index (χ0) is 13.9. The Labute approximate surface area is 119 Å². The number of hydrogen-bond donors (Lipinski definition) is 0. The molecule has 2 heterocycles. The highest BCUT2D eigenvalue weighted by Gasteiger charge is 2.23. The molecule has 1 aliphatic heterocycles. The van der Waals surface area contributed by atoms with Crippen LogP contribution in [0.1, 0.15) is 35.0 Å². The Morgan fingerprint density at radius 3 is 2.85 bits per heavy atom. The number of amides is 1. The smallest absolute Gasteiger partial charge is 0.272 e. The summed E-state index contributed by atoms with van der Waals surface area (Å²) in [4.78, 5) is 14.6. The van der Waals surface area contributed by atoms with E-state index >= 15 is 0 Å². The standard InChI is InChI=1S/C16H19N3O/c1-2-10-19-15(7-9-17-19)16(20)18-11-8-13-5-3-4-6-14(13)12-18/h3-7,9H,2,8,10-12H2,1H3. The Kier molecular flexibility index (Phi) is 3.54. The van der Waals surface area contributed by atoms with Gasteiger partial charge in [-0.1, -0.05) is 31.2 Å². The summed E-state index contributed by atoms with van der Waals surface area (Å²) in [6.07, 6.45) is 3.62. The molecule has 0 spiro atoms. The first kappa shape index (κ1) is 12.9. The summed E-state index contributed by atoms with van der Waals surface area (Å²) in [5, 5.41) is 4.24. The van der Waals surface area contributed by atoms with Gasteiger partial charge in [0.1, 0.15) is 5.69 Å². The second kappa shape index (κ2) is 5.49. The molecule has 1 aromatic heterocycles. The van der Waals surface area contributed by atoms with E-state index in [1.807, 2.05) is 21.7 Å². The molecule has 0 radical (unpaired) electrons. The van der Waals surface area contributed by atoms with Crippen molar-refractivity contribution in [2.75, 3.05) is 6.54 Å². The van der Waals surface area contributed by atoms with E-state index in [-0.39, 0.29) is 5.91 Å². The van der Waals surface area contributed by atoms with Crippen LogP contribution in [0.25, 0.3) is 0 Å². The van der Waals surface area contributed by atoms with Crippen LogP contribution in [-0.4, -0.2) is 27.1 Å². The third-order valence-electron chi connectivity index (χ3n) is 3.79. The summed E-state index contributed by atoms with van der Waals surface area (Å²) in [7, 11) is 0. The van der Waals surface area contributed by atoms with Crippen LogP contribution in [0.4, 0.5) is 0 Å². The second-order valence-corrected chi connectivity index (χ2v) is 5.19. The zero-order valence-electron chi connectivity index (χ0n) is 11.7. The van der Waals surface area contributed by atoms with E-state index in [1.165, 1.54) is 11.1 Å². The molecule has 0 bridgehead atoms. The molecular formula is C16H19N3O. The molecule has 0 fully saturated rings. The molecule has 0 saturated carbocycles. The maximum Gasteiger partial charge on any atom is 0.272 e. The predicted molar refractivity (Wildman–Crippen MR) is 77.4 cm³/mol. The van der Waals surface area contributed by atoms with Gasteiger partial charge >= 0.3 is 0 Å². The summed E-state index contributed by atoms with van der Waals surface area (Å²) in [5.74, 6) is 0.0884. The Balaban J connectivity index is 1.80. The van der Waals surface area contributed by atoms with Crippen molar-refractivity contribution in [2.24, 2.45) is 0 Å². The lowest BCUT2D eigenvalue weighted by atomic mass is 10.00. The van der Waals surface area contributed by atoms with Gasteiger partial charge < -0.3 is 4.90 Å². The zero-order valence-corrected chi connectivity index (χ0v) is 11.7. The Hall–Kier alpha value is -2.10. The lowest BCUT2D eigenvalue weighted by Gasteiger charge is -2.29. The number of rotatable bonds is 3. The van der Waals surface area contributed by atoms with E-state index in [2.05, 4.69) is 30.2 Å². The van der Waals surface area contributed by atoms with Crippen molar-refractivity contribution >= 4 is 5.91 Å². The van der Waals surface area contributed by atoms with Crippen LogP contribution in [0.5, 0.6) is 0 Å². The third-order valence-corrected chi connectivity index (χ3v) is 3.79. The van der Waals surface area contributed by atoms with Gasteiger partial charge in [-0.25, -0.2) is 0 Å². The van der Waals surface area contributed by atoms with E-state index in [1.54, 1.807) is 6.20 Å². The Bertz CT molecular complexity index is 618. The molecule has 2 aromatic rings. The predicted octanol–water partition coefficient (Wildman–Crippen LogP) is 2.49. The summed E-state index contributed by atoms with van der Waals surface area (Å²) >= 11 is 0. The fourth-order valence-corrected chi connectivity index (χ4v) is 2.74. The maximum absolute atomic E-state index is 12.6. The van der Waals surface area contributed by atoms with Crippen molar-refractivity contribution < 1.29 is 4.79 Å². The maximum atomic E-state index is 12.6. The number of hydrogen-bond acceptors (Lipinski definition) is 2. The second-order valence-electron chi connectivity index (χ2n) is 5.19. The molecule has 3 rings (SSSR count). The number of benzene rings is 1. The van der Waals surface area contributed by atoms with Crippen LogP contribution >= 0.6 is 0 Å². The van der Waals surface area contributed by atoms with Crippen molar-refractivity contribution in [3.63, 3.8) is 0 Å². The molecule has 4 heteroatoms. The molecule has 0 atom stereocenters. The van der Waals surface area contributed by atoms with Gasteiger partial charge in [0.15, 0.2) is 0 Å². The van der Waals surface area contributed by atoms with E-state index in [4.69, 9.17) is 0 Å². The van der Waals surface area contributed by atoms with E-state index in [9.17, 15) is 4.79 Å². The van der Waals surface area contributed by atoms with Crippen LogP contribution in [0.3, 0.4) is 0 Å². The summed E-state index contributed by atoms with van der Waals surface area (Å²) in [5.41, 5.74) is 3.32. The van der Waals surface area contributed by atoms with Crippen LogP contribution in [-0.2, 0) is 19.5 Å². The summed E-state index contributed by atoms with van der Waals surface area (Å²) in [6.45, 7) is 4.37. The van der Waals surface area contributed by atoms with Gasteiger partial charge in [-0.3, -0.25) is 9.48 Å². The van der Waals surface area contributed by atoms with Crippen molar-refractivity contribution in [3.05, 3.63) is 53.3 Å². The fraction of sp³-hybridized carbons (Fsp3) is 0.375. The lowest BCUT2D eigenvalue weighted by molar-refractivity contribution is 0.0721. The molecule has 20 heavy (non-hydrogen) atoms. The molecule has 1 amide bonds. The number of aryl methyl sites for hydroxylation is 1. The Morgan fingerprint density at radius 1 is 1.25 bits per heavy atom. The Morgan fingerprint density at radius 2 is 2.05 bits per heavy atom. The minimum absolute atomic E-state index is 0.0884. The number of aromatic nitrogens is 2.